The molecule has 0 spiro atoms. The third-order valence-electron chi connectivity index (χ3n) is 2.33. The van der Waals surface area contributed by atoms with Crippen molar-refractivity contribution in [1.29, 1.82) is 0 Å². The van der Waals surface area contributed by atoms with E-state index in [1.165, 1.54) is 12.3 Å². The summed E-state index contributed by atoms with van der Waals surface area (Å²) in [5.74, 6) is -1.03. The molecule has 0 saturated heterocycles. The van der Waals surface area contributed by atoms with E-state index in [4.69, 9.17) is 5.11 Å². The Labute approximate surface area is 106 Å². The molecular weight excluding hydrogens is 256 g/mol. The zero-order chi connectivity index (χ0) is 13.8. The number of aromatic nitrogens is 1. The fourth-order valence-corrected chi connectivity index (χ4v) is 3.05. The van der Waals surface area contributed by atoms with Gasteiger partial charge in [0.1, 0.15) is 0 Å². The lowest BCUT2D eigenvalue weighted by Crippen LogP contribution is -2.38. The van der Waals surface area contributed by atoms with E-state index in [1.807, 2.05) is 0 Å². The van der Waals surface area contributed by atoms with Gasteiger partial charge in [0, 0.05) is 18.8 Å². The zero-order valence-corrected chi connectivity index (χ0v) is 11.1. The molecule has 1 N–H and O–H groups in total. The van der Waals surface area contributed by atoms with Gasteiger partial charge in [-0.05, 0) is 26.0 Å². The molecule has 0 aliphatic carbocycles. The fraction of sp³-hybridized carbons (Fsp3) is 0.455. The zero-order valence-electron chi connectivity index (χ0n) is 10.3. The summed E-state index contributed by atoms with van der Waals surface area (Å²) in [6.07, 6.45) is 1.16. The Morgan fingerprint density at radius 2 is 2.11 bits per heavy atom. The average Bonchev–Trinajstić information content (AvgIpc) is 2.29. The van der Waals surface area contributed by atoms with E-state index in [2.05, 4.69) is 4.98 Å². The van der Waals surface area contributed by atoms with E-state index in [1.54, 1.807) is 26.0 Å². The van der Waals surface area contributed by atoms with Crippen LogP contribution < -0.4 is 0 Å². The van der Waals surface area contributed by atoms with Crippen LogP contribution >= 0.6 is 0 Å². The van der Waals surface area contributed by atoms with Gasteiger partial charge >= 0.3 is 5.97 Å². The number of nitrogens with zero attached hydrogens (tertiary/aromatic N) is 2. The van der Waals surface area contributed by atoms with Gasteiger partial charge in [-0.15, -0.1) is 0 Å². The van der Waals surface area contributed by atoms with Crippen molar-refractivity contribution < 1.29 is 18.3 Å². The van der Waals surface area contributed by atoms with Crippen molar-refractivity contribution in [2.75, 3.05) is 6.54 Å². The van der Waals surface area contributed by atoms with Gasteiger partial charge in [0.25, 0.3) is 10.0 Å². The molecule has 0 amide bonds. The standard InChI is InChI=1S/C11H16N2O4S/c1-9(2)13(8-6-11(14)15)18(16,17)10-5-3-4-7-12-10/h3-5,7,9H,6,8H2,1-2H3,(H,14,15). The van der Waals surface area contributed by atoms with Gasteiger partial charge in [0.2, 0.25) is 0 Å². The molecule has 1 heterocycles. The van der Waals surface area contributed by atoms with Crippen LogP contribution in [0.3, 0.4) is 0 Å². The molecule has 0 fully saturated rings. The first-order valence-electron chi connectivity index (χ1n) is 5.50. The molecule has 0 bridgehead atoms. The quantitative estimate of drug-likeness (QED) is 0.833. The Kier molecular flexibility index (Phi) is 4.80. The lowest BCUT2D eigenvalue weighted by atomic mass is 10.3. The van der Waals surface area contributed by atoms with Crippen LogP contribution in [0.1, 0.15) is 20.3 Å². The predicted octanol–water partition coefficient (Wildman–Crippen LogP) is 0.955. The van der Waals surface area contributed by atoms with Crippen molar-refractivity contribution >= 4 is 16.0 Å². The maximum absolute atomic E-state index is 12.3. The van der Waals surface area contributed by atoms with Crippen LogP contribution in [-0.2, 0) is 14.8 Å². The van der Waals surface area contributed by atoms with E-state index >= 15 is 0 Å². The minimum absolute atomic E-state index is 0.0636. The Balaban J connectivity index is 3.02. The summed E-state index contributed by atoms with van der Waals surface area (Å²) in [4.78, 5) is 14.4. The summed E-state index contributed by atoms with van der Waals surface area (Å²) >= 11 is 0. The SMILES string of the molecule is CC(C)N(CCC(=O)O)S(=O)(=O)c1ccccn1. The highest BCUT2D eigenvalue weighted by Crippen LogP contribution is 2.16. The molecular formula is C11H16N2O4S. The Bertz CT molecular complexity index is 499. The molecule has 18 heavy (non-hydrogen) atoms. The lowest BCUT2D eigenvalue weighted by molar-refractivity contribution is -0.137. The Morgan fingerprint density at radius 1 is 1.44 bits per heavy atom. The van der Waals surface area contributed by atoms with E-state index in [-0.39, 0.29) is 24.0 Å². The number of carboxylic acids is 1. The van der Waals surface area contributed by atoms with Crippen LogP contribution in [0.2, 0.25) is 0 Å². The number of hydrogen-bond donors (Lipinski definition) is 1. The summed E-state index contributed by atoms with van der Waals surface area (Å²) in [6, 6.07) is 4.27. The van der Waals surface area contributed by atoms with E-state index < -0.39 is 16.0 Å². The molecule has 0 unspecified atom stereocenters. The highest BCUT2D eigenvalue weighted by molar-refractivity contribution is 7.89. The van der Waals surface area contributed by atoms with Gasteiger partial charge in [0.05, 0.1) is 6.42 Å². The lowest BCUT2D eigenvalue weighted by Gasteiger charge is -2.24. The molecule has 0 radical (unpaired) electrons. The number of sulfonamides is 1. The van der Waals surface area contributed by atoms with Gasteiger partial charge in [-0.2, -0.15) is 4.31 Å². The molecule has 0 saturated carbocycles. The third-order valence-corrected chi connectivity index (χ3v) is 4.32. The number of aliphatic carboxylic acids is 1. The summed E-state index contributed by atoms with van der Waals surface area (Å²) in [7, 11) is -3.74. The Morgan fingerprint density at radius 3 is 2.56 bits per heavy atom. The highest BCUT2D eigenvalue weighted by atomic mass is 32.2. The number of hydrogen-bond acceptors (Lipinski definition) is 4. The maximum atomic E-state index is 12.3. The van der Waals surface area contributed by atoms with Crippen molar-refractivity contribution in [3.63, 3.8) is 0 Å². The van der Waals surface area contributed by atoms with Gasteiger partial charge < -0.3 is 5.11 Å². The monoisotopic (exact) mass is 272 g/mol. The van der Waals surface area contributed by atoms with E-state index in [0.717, 1.165) is 4.31 Å². The summed E-state index contributed by atoms with van der Waals surface area (Å²) in [6.45, 7) is 3.33. The first-order chi connectivity index (χ1) is 8.35. The smallest absolute Gasteiger partial charge is 0.304 e. The average molecular weight is 272 g/mol. The first-order valence-corrected chi connectivity index (χ1v) is 6.94. The van der Waals surface area contributed by atoms with Gasteiger partial charge in [-0.25, -0.2) is 13.4 Å². The van der Waals surface area contributed by atoms with Gasteiger partial charge in [0.15, 0.2) is 5.03 Å². The number of carboxylic acid groups (broad SMARTS) is 1. The van der Waals surface area contributed by atoms with Gasteiger partial charge in [-0.3, -0.25) is 4.79 Å². The molecule has 0 aliphatic rings. The van der Waals surface area contributed by atoms with Crippen molar-refractivity contribution in [3.05, 3.63) is 24.4 Å². The number of rotatable bonds is 6. The van der Waals surface area contributed by atoms with E-state index in [0.29, 0.717) is 0 Å². The largest absolute Gasteiger partial charge is 0.481 e. The second-order valence-corrected chi connectivity index (χ2v) is 5.86. The molecule has 1 aromatic heterocycles. The summed E-state index contributed by atoms with van der Waals surface area (Å²) in [5, 5.41) is 8.58. The molecule has 6 nitrogen and oxygen atoms in total. The highest BCUT2D eigenvalue weighted by Gasteiger charge is 2.28. The minimum atomic E-state index is -3.74. The first kappa shape index (κ1) is 14.6. The summed E-state index contributed by atoms with van der Waals surface area (Å²) in [5.41, 5.74) is 0. The topological polar surface area (TPSA) is 87.6 Å². The van der Waals surface area contributed by atoms with Crippen molar-refractivity contribution in [1.82, 2.24) is 9.29 Å². The Hall–Kier alpha value is -1.47. The van der Waals surface area contributed by atoms with Crippen LogP contribution in [-0.4, -0.2) is 41.4 Å². The number of pyridine rings is 1. The number of carbonyl (C=O) groups is 1. The van der Waals surface area contributed by atoms with Crippen molar-refractivity contribution in [3.8, 4) is 0 Å². The maximum Gasteiger partial charge on any atom is 0.304 e. The van der Waals surface area contributed by atoms with Crippen molar-refractivity contribution in [2.24, 2.45) is 0 Å². The van der Waals surface area contributed by atoms with Crippen LogP contribution in [0.5, 0.6) is 0 Å². The van der Waals surface area contributed by atoms with Crippen LogP contribution in [0, 0.1) is 0 Å². The second kappa shape index (κ2) is 5.92. The third kappa shape index (κ3) is 3.51. The molecule has 0 aliphatic heterocycles. The van der Waals surface area contributed by atoms with Crippen LogP contribution in [0.25, 0.3) is 0 Å². The molecule has 0 aromatic carbocycles. The molecule has 0 atom stereocenters. The molecule has 1 aromatic rings. The van der Waals surface area contributed by atoms with Crippen LogP contribution in [0.4, 0.5) is 0 Å². The molecule has 7 heteroatoms. The molecule has 100 valence electrons. The predicted molar refractivity (Wildman–Crippen MR) is 65.5 cm³/mol. The van der Waals surface area contributed by atoms with Crippen molar-refractivity contribution in [2.45, 2.75) is 31.3 Å². The van der Waals surface area contributed by atoms with E-state index in [9.17, 15) is 13.2 Å². The fourth-order valence-electron chi connectivity index (χ4n) is 1.48. The second-order valence-electron chi connectivity index (χ2n) is 4.02. The molecule has 1 rings (SSSR count). The summed E-state index contributed by atoms with van der Waals surface area (Å²) < 4.78 is 25.7. The minimum Gasteiger partial charge on any atom is -0.481 e. The van der Waals surface area contributed by atoms with Crippen LogP contribution in [0.15, 0.2) is 29.4 Å². The normalized spacial score (nSPS) is 12.0. The van der Waals surface area contributed by atoms with Gasteiger partial charge in [-0.1, -0.05) is 6.07 Å².